The molecule has 1 fully saturated rings. The molecule has 1 aromatic carbocycles. The Labute approximate surface area is 216 Å². The highest BCUT2D eigenvalue weighted by molar-refractivity contribution is 8.14. The first-order valence-corrected chi connectivity index (χ1v) is 16.1. The summed E-state index contributed by atoms with van der Waals surface area (Å²) >= 11 is 1.47. The number of hydrogen-bond donors (Lipinski definition) is 0. The molecular weight excluding hydrogens is 480 g/mol. The molecule has 0 radical (unpaired) electrons. The lowest BCUT2D eigenvalue weighted by molar-refractivity contribution is -0.138. The van der Waals surface area contributed by atoms with Gasteiger partial charge in [0.25, 0.3) is 0 Å². The van der Waals surface area contributed by atoms with Crippen LogP contribution in [-0.4, -0.2) is 67.4 Å². The van der Waals surface area contributed by atoms with Gasteiger partial charge in [-0.3, -0.25) is 9.89 Å². The number of ether oxygens (including phenoxy) is 3. The van der Waals surface area contributed by atoms with E-state index in [-0.39, 0.29) is 28.7 Å². The number of carbonyl (C=O) groups excluding carboxylic acids is 1. The minimum Gasteiger partial charge on any atom is -0.443 e. The van der Waals surface area contributed by atoms with E-state index < -0.39 is 20.0 Å². The highest BCUT2D eigenvalue weighted by atomic mass is 32.2. The van der Waals surface area contributed by atoms with Crippen LogP contribution in [0.3, 0.4) is 0 Å². The summed E-state index contributed by atoms with van der Waals surface area (Å²) in [6.45, 7) is 17.8. The van der Waals surface area contributed by atoms with E-state index in [0.29, 0.717) is 24.8 Å². The predicted molar refractivity (Wildman–Crippen MR) is 144 cm³/mol. The second-order valence-electron chi connectivity index (χ2n) is 11.8. The topological polar surface area (TPSA) is 69.6 Å². The van der Waals surface area contributed by atoms with Gasteiger partial charge in [0, 0.05) is 13.5 Å². The van der Waals surface area contributed by atoms with Crippen molar-refractivity contribution in [3.05, 3.63) is 35.9 Å². The van der Waals surface area contributed by atoms with E-state index in [0.717, 1.165) is 5.56 Å². The first-order valence-electron chi connectivity index (χ1n) is 12.3. The first kappa shape index (κ1) is 28.2. The smallest absolute Gasteiger partial charge is 0.416 e. The Morgan fingerprint density at radius 2 is 1.83 bits per heavy atom. The van der Waals surface area contributed by atoms with Crippen LogP contribution in [0.4, 0.5) is 4.79 Å². The molecule has 0 saturated carbocycles. The van der Waals surface area contributed by atoms with Crippen LogP contribution >= 0.6 is 11.8 Å². The molecule has 196 valence electrons. The standard InChI is InChI=1S/C26H42N2O5SSi/c1-25(2,3)33-24(29)28(7)23-27-19-15-20(30-16-18-13-11-10-12-14-18)21(32-22(19)34-23)17-31-35(8,9)26(4,5)6/h10-14,19-22H,15-17H2,1-9H3/t19-,20+,21-,22-/m1/s1. The monoisotopic (exact) mass is 522 g/mol. The zero-order valence-electron chi connectivity index (χ0n) is 22.7. The van der Waals surface area contributed by atoms with Gasteiger partial charge in [0.2, 0.25) is 0 Å². The van der Waals surface area contributed by atoms with Gasteiger partial charge in [-0.15, -0.1) is 0 Å². The van der Waals surface area contributed by atoms with Crippen LogP contribution in [0, 0.1) is 0 Å². The molecule has 1 amide bonds. The molecule has 9 heteroatoms. The maximum absolute atomic E-state index is 12.6. The largest absolute Gasteiger partial charge is 0.443 e. The normalized spacial score (nSPS) is 25.1. The van der Waals surface area contributed by atoms with Crippen molar-refractivity contribution in [3.8, 4) is 0 Å². The molecule has 0 bridgehead atoms. The van der Waals surface area contributed by atoms with Crippen LogP contribution in [-0.2, 0) is 25.2 Å². The maximum Gasteiger partial charge on any atom is 0.416 e. The van der Waals surface area contributed by atoms with Crippen molar-refractivity contribution in [3.63, 3.8) is 0 Å². The van der Waals surface area contributed by atoms with Crippen LogP contribution in [0.5, 0.6) is 0 Å². The quantitative estimate of drug-likeness (QED) is 0.424. The molecule has 0 N–H and O–H groups in total. The lowest BCUT2D eigenvalue weighted by atomic mass is 10.0. The van der Waals surface area contributed by atoms with Gasteiger partial charge in [-0.1, -0.05) is 62.9 Å². The molecule has 1 aromatic rings. The number of fused-ring (bicyclic) bond motifs is 1. The molecule has 3 rings (SSSR count). The third-order valence-electron chi connectivity index (χ3n) is 6.69. The first-order chi connectivity index (χ1) is 16.2. The summed E-state index contributed by atoms with van der Waals surface area (Å²) in [5.74, 6) is 0. The van der Waals surface area contributed by atoms with Gasteiger partial charge < -0.3 is 18.6 Å². The van der Waals surface area contributed by atoms with Gasteiger partial charge in [0.15, 0.2) is 13.5 Å². The number of amides is 1. The van der Waals surface area contributed by atoms with E-state index in [1.807, 2.05) is 39.0 Å². The van der Waals surface area contributed by atoms with Crippen molar-refractivity contribution in [2.45, 2.75) is 102 Å². The highest BCUT2D eigenvalue weighted by Crippen LogP contribution is 2.40. The molecule has 4 atom stereocenters. The Balaban J connectivity index is 1.71. The summed E-state index contributed by atoms with van der Waals surface area (Å²) in [6, 6.07) is 10.1. The van der Waals surface area contributed by atoms with E-state index in [1.54, 1.807) is 7.05 Å². The Morgan fingerprint density at radius 3 is 2.43 bits per heavy atom. The van der Waals surface area contributed by atoms with Crippen molar-refractivity contribution in [2.75, 3.05) is 13.7 Å². The van der Waals surface area contributed by atoms with Crippen LogP contribution < -0.4 is 0 Å². The van der Waals surface area contributed by atoms with Crippen LogP contribution in [0.2, 0.25) is 18.1 Å². The second-order valence-corrected chi connectivity index (χ2v) is 17.7. The number of carbonyl (C=O) groups is 1. The molecule has 7 nitrogen and oxygen atoms in total. The molecule has 1 saturated heterocycles. The number of benzene rings is 1. The third-order valence-corrected chi connectivity index (χ3v) is 12.4. The molecule has 2 heterocycles. The molecule has 0 aromatic heterocycles. The van der Waals surface area contributed by atoms with Crippen LogP contribution in [0.15, 0.2) is 35.3 Å². The Morgan fingerprint density at radius 1 is 1.17 bits per heavy atom. The van der Waals surface area contributed by atoms with Crippen molar-refractivity contribution in [2.24, 2.45) is 4.99 Å². The fourth-order valence-corrected chi connectivity index (χ4v) is 5.71. The summed E-state index contributed by atoms with van der Waals surface area (Å²) in [6.07, 6.45) is -0.0707. The minimum absolute atomic E-state index is 0.0928. The number of aliphatic imine (C=N–C) groups is 1. The van der Waals surface area contributed by atoms with Crippen LogP contribution in [0.1, 0.15) is 53.5 Å². The summed E-state index contributed by atoms with van der Waals surface area (Å²) in [5, 5.41) is 0.723. The number of amidine groups is 1. The van der Waals surface area contributed by atoms with Gasteiger partial charge in [-0.05, 0) is 44.5 Å². The molecule has 0 aliphatic carbocycles. The summed E-state index contributed by atoms with van der Waals surface area (Å²) in [4.78, 5) is 18.9. The van der Waals surface area contributed by atoms with E-state index in [1.165, 1.54) is 16.7 Å². The van der Waals surface area contributed by atoms with Gasteiger partial charge in [0.05, 0.1) is 25.4 Å². The van der Waals surface area contributed by atoms with Crippen LogP contribution in [0.25, 0.3) is 0 Å². The van der Waals surface area contributed by atoms with E-state index in [9.17, 15) is 4.79 Å². The lowest BCUT2D eigenvalue weighted by Gasteiger charge is -2.41. The predicted octanol–water partition coefficient (Wildman–Crippen LogP) is 6.05. The van der Waals surface area contributed by atoms with Crippen molar-refractivity contribution >= 4 is 31.3 Å². The zero-order valence-corrected chi connectivity index (χ0v) is 24.5. The van der Waals surface area contributed by atoms with Crippen molar-refractivity contribution in [1.82, 2.24) is 4.90 Å². The van der Waals surface area contributed by atoms with E-state index in [4.69, 9.17) is 23.6 Å². The molecule has 0 unspecified atom stereocenters. The molecule has 0 spiro atoms. The van der Waals surface area contributed by atoms with E-state index in [2.05, 4.69) is 46.0 Å². The molecule has 2 aliphatic rings. The minimum atomic E-state index is -1.95. The van der Waals surface area contributed by atoms with E-state index >= 15 is 0 Å². The number of nitrogens with zero attached hydrogens (tertiary/aromatic N) is 2. The SMILES string of the molecule is CN(C(=O)OC(C)(C)C)C1=N[C@@H]2C[C@H](OCc3ccccc3)[C@@H](CO[Si](C)(C)C(C)(C)C)O[C@@H]2S1. The average Bonchev–Trinajstić information content (AvgIpc) is 3.17. The average molecular weight is 523 g/mol. The number of thioether (sulfide) groups is 1. The fraction of sp³-hybridized carbons (Fsp3) is 0.692. The Bertz CT molecular complexity index is 897. The Hall–Kier alpha value is -1.39. The molecule has 2 aliphatic heterocycles. The Kier molecular flexibility index (Phi) is 8.80. The third kappa shape index (κ3) is 7.55. The second kappa shape index (κ2) is 10.9. The summed E-state index contributed by atoms with van der Waals surface area (Å²) < 4.78 is 24.9. The van der Waals surface area contributed by atoms with Gasteiger partial charge in [0.1, 0.15) is 17.1 Å². The number of rotatable bonds is 6. The van der Waals surface area contributed by atoms with Crippen molar-refractivity contribution < 1.29 is 23.4 Å². The number of hydrogen-bond acceptors (Lipinski definition) is 7. The van der Waals surface area contributed by atoms with Crippen molar-refractivity contribution in [1.29, 1.82) is 0 Å². The summed E-state index contributed by atoms with van der Waals surface area (Å²) in [5.41, 5.74) is 0.369. The maximum atomic E-state index is 12.6. The zero-order chi connectivity index (χ0) is 26.0. The van der Waals surface area contributed by atoms with Gasteiger partial charge >= 0.3 is 6.09 Å². The lowest BCUT2D eigenvalue weighted by Crippen LogP contribution is -2.50. The molecule has 35 heavy (non-hydrogen) atoms. The highest BCUT2D eigenvalue weighted by Gasteiger charge is 2.46. The summed E-state index contributed by atoms with van der Waals surface area (Å²) in [7, 11) is -0.255. The van der Waals surface area contributed by atoms with Gasteiger partial charge in [-0.25, -0.2) is 4.79 Å². The molecular formula is C26H42N2O5SSi. The van der Waals surface area contributed by atoms with Gasteiger partial charge in [-0.2, -0.15) is 0 Å². The fourth-order valence-electron chi connectivity index (χ4n) is 3.53.